The molecule has 1 heterocycles. The molecule has 0 radical (unpaired) electrons. The second-order valence-corrected chi connectivity index (χ2v) is 5.70. The molecule has 1 aromatic heterocycles. The van der Waals surface area contributed by atoms with Crippen LogP contribution in [0, 0.1) is 5.92 Å². The Balaban J connectivity index is 2.18. The molecule has 0 aliphatic heterocycles. The van der Waals surface area contributed by atoms with Crippen molar-refractivity contribution in [2.75, 3.05) is 0 Å². The van der Waals surface area contributed by atoms with Gasteiger partial charge in [0.05, 0.1) is 5.92 Å². The quantitative estimate of drug-likeness (QED) is 0.757. The number of aliphatic carboxylic acids is 1. The number of halogens is 1. The number of carboxylic acids is 1. The van der Waals surface area contributed by atoms with Crippen LogP contribution in [0.15, 0.2) is 22.7 Å². The van der Waals surface area contributed by atoms with Gasteiger partial charge in [-0.05, 0) is 36.6 Å². The van der Waals surface area contributed by atoms with Crippen LogP contribution in [0.5, 0.6) is 0 Å². The van der Waals surface area contributed by atoms with Gasteiger partial charge in [0, 0.05) is 27.1 Å². The molecule has 3 rings (SSSR count). The van der Waals surface area contributed by atoms with Crippen molar-refractivity contribution in [3.8, 4) is 0 Å². The summed E-state index contributed by atoms with van der Waals surface area (Å²) in [4.78, 5) is 14.5. The molecule has 0 saturated heterocycles. The third-order valence-corrected chi connectivity index (χ3v) is 4.10. The van der Waals surface area contributed by atoms with Crippen molar-refractivity contribution in [2.45, 2.75) is 18.9 Å². The zero-order valence-corrected chi connectivity index (χ0v) is 11.2. The molecule has 0 saturated carbocycles. The van der Waals surface area contributed by atoms with Gasteiger partial charge in [0.1, 0.15) is 0 Å². The van der Waals surface area contributed by atoms with E-state index >= 15 is 0 Å². The van der Waals surface area contributed by atoms with Gasteiger partial charge in [-0.3, -0.25) is 4.79 Å². The third kappa shape index (κ3) is 1.74. The highest BCUT2D eigenvalue weighted by Gasteiger charge is 2.31. The molecule has 1 aliphatic rings. The summed E-state index contributed by atoms with van der Waals surface area (Å²) in [5.41, 5.74) is 9.13. The van der Waals surface area contributed by atoms with E-state index in [4.69, 9.17) is 5.73 Å². The number of benzene rings is 1. The molecule has 1 aliphatic carbocycles. The first kappa shape index (κ1) is 11.7. The summed E-state index contributed by atoms with van der Waals surface area (Å²) >= 11 is 3.44. The number of aromatic amines is 1. The minimum atomic E-state index is -0.763. The molecule has 0 bridgehead atoms. The maximum atomic E-state index is 11.2. The van der Waals surface area contributed by atoms with Crippen LogP contribution in [0.1, 0.15) is 23.7 Å². The predicted octanol–water partition coefficient (Wildman–Crippen LogP) is 2.58. The second-order valence-electron chi connectivity index (χ2n) is 4.79. The number of H-pyrrole nitrogens is 1. The SMILES string of the molecule is NC1CC(C(=O)O)Cc2c1[nH]c1ccc(Br)cc21. The maximum absolute atomic E-state index is 11.2. The maximum Gasteiger partial charge on any atom is 0.306 e. The van der Waals surface area contributed by atoms with Gasteiger partial charge < -0.3 is 15.8 Å². The largest absolute Gasteiger partial charge is 0.481 e. The van der Waals surface area contributed by atoms with Crippen molar-refractivity contribution in [3.05, 3.63) is 33.9 Å². The van der Waals surface area contributed by atoms with Crippen molar-refractivity contribution < 1.29 is 9.90 Å². The molecule has 18 heavy (non-hydrogen) atoms. The van der Waals surface area contributed by atoms with E-state index in [1.165, 1.54) is 0 Å². The van der Waals surface area contributed by atoms with Gasteiger partial charge in [-0.1, -0.05) is 15.9 Å². The van der Waals surface area contributed by atoms with Crippen LogP contribution in [0.3, 0.4) is 0 Å². The number of carboxylic acid groups (broad SMARTS) is 1. The van der Waals surface area contributed by atoms with Gasteiger partial charge in [-0.15, -0.1) is 0 Å². The van der Waals surface area contributed by atoms with Crippen LogP contribution < -0.4 is 5.73 Å². The Kier molecular flexibility index (Phi) is 2.68. The van der Waals surface area contributed by atoms with Crippen LogP contribution >= 0.6 is 15.9 Å². The number of hydrogen-bond donors (Lipinski definition) is 3. The Morgan fingerprint density at radius 1 is 1.50 bits per heavy atom. The van der Waals surface area contributed by atoms with Gasteiger partial charge in [0.2, 0.25) is 0 Å². The lowest BCUT2D eigenvalue weighted by atomic mass is 9.84. The fourth-order valence-corrected chi connectivity index (χ4v) is 3.08. The molecule has 2 aromatic rings. The highest BCUT2D eigenvalue weighted by atomic mass is 79.9. The minimum absolute atomic E-state index is 0.221. The average molecular weight is 309 g/mol. The highest BCUT2D eigenvalue weighted by molar-refractivity contribution is 9.10. The lowest BCUT2D eigenvalue weighted by Crippen LogP contribution is -2.28. The van der Waals surface area contributed by atoms with E-state index in [0.717, 1.165) is 26.6 Å². The first-order valence-corrected chi connectivity index (χ1v) is 6.64. The van der Waals surface area contributed by atoms with Crippen molar-refractivity contribution >= 4 is 32.8 Å². The number of nitrogens with two attached hydrogens (primary N) is 1. The average Bonchev–Trinajstić information content (AvgIpc) is 2.68. The molecular formula is C13H13BrN2O2. The van der Waals surface area contributed by atoms with Crippen LogP contribution in [-0.2, 0) is 11.2 Å². The second kappa shape index (κ2) is 4.10. The summed E-state index contributed by atoms with van der Waals surface area (Å²) in [5, 5.41) is 10.2. The fourth-order valence-electron chi connectivity index (χ4n) is 2.72. The monoisotopic (exact) mass is 308 g/mol. The van der Waals surface area contributed by atoms with Crippen LogP contribution in [-0.4, -0.2) is 16.1 Å². The number of fused-ring (bicyclic) bond motifs is 3. The predicted molar refractivity (Wildman–Crippen MR) is 72.4 cm³/mol. The van der Waals surface area contributed by atoms with E-state index in [9.17, 15) is 9.90 Å². The van der Waals surface area contributed by atoms with Gasteiger partial charge >= 0.3 is 5.97 Å². The standard InChI is InChI=1S/C13H13BrN2O2/c14-7-1-2-11-8(5-7)9-3-6(13(17)18)4-10(15)12(9)16-11/h1-2,5-6,10,16H,3-4,15H2,(H,17,18). The third-order valence-electron chi connectivity index (χ3n) is 3.61. The van der Waals surface area contributed by atoms with E-state index in [1.807, 2.05) is 18.2 Å². The van der Waals surface area contributed by atoms with E-state index in [1.54, 1.807) is 0 Å². The Hall–Kier alpha value is -1.33. The Bertz CT molecular complexity index is 635. The van der Waals surface area contributed by atoms with Crippen LogP contribution in [0.4, 0.5) is 0 Å². The molecular weight excluding hydrogens is 296 g/mol. The summed E-state index contributed by atoms with van der Waals surface area (Å²) in [7, 11) is 0. The van der Waals surface area contributed by atoms with Crippen molar-refractivity contribution in [1.29, 1.82) is 0 Å². The van der Waals surface area contributed by atoms with Crippen LogP contribution in [0.2, 0.25) is 0 Å². The number of hydrogen-bond acceptors (Lipinski definition) is 2. The number of aromatic nitrogens is 1. The van der Waals surface area contributed by atoms with E-state index in [-0.39, 0.29) is 12.0 Å². The number of rotatable bonds is 1. The summed E-state index contributed by atoms with van der Waals surface area (Å²) in [5.74, 6) is -1.15. The summed E-state index contributed by atoms with van der Waals surface area (Å²) in [6.07, 6.45) is 1.05. The Morgan fingerprint density at radius 2 is 2.28 bits per heavy atom. The molecule has 0 amide bonds. The lowest BCUT2D eigenvalue weighted by Gasteiger charge is -2.24. The topological polar surface area (TPSA) is 79.1 Å². The molecule has 2 unspecified atom stereocenters. The van der Waals surface area contributed by atoms with Gasteiger partial charge in [0.15, 0.2) is 0 Å². The smallest absolute Gasteiger partial charge is 0.306 e. The van der Waals surface area contributed by atoms with Crippen LogP contribution in [0.25, 0.3) is 10.9 Å². The van der Waals surface area contributed by atoms with E-state index < -0.39 is 5.97 Å². The number of carbonyl (C=O) groups is 1. The van der Waals surface area contributed by atoms with E-state index in [2.05, 4.69) is 20.9 Å². The fraction of sp³-hybridized carbons (Fsp3) is 0.308. The summed E-state index contributed by atoms with van der Waals surface area (Å²) in [6.45, 7) is 0. The molecule has 94 valence electrons. The molecule has 4 N–H and O–H groups in total. The molecule has 5 heteroatoms. The first-order valence-electron chi connectivity index (χ1n) is 5.84. The minimum Gasteiger partial charge on any atom is -0.481 e. The molecule has 4 nitrogen and oxygen atoms in total. The molecule has 2 atom stereocenters. The normalized spacial score (nSPS) is 23.0. The molecule has 1 aromatic carbocycles. The lowest BCUT2D eigenvalue weighted by molar-refractivity contribution is -0.142. The zero-order valence-electron chi connectivity index (χ0n) is 9.61. The Labute approximate surface area is 112 Å². The van der Waals surface area contributed by atoms with Gasteiger partial charge in [-0.2, -0.15) is 0 Å². The van der Waals surface area contributed by atoms with E-state index in [0.29, 0.717) is 12.8 Å². The summed E-state index contributed by atoms with van der Waals surface area (Å²) < 4.78 is 0.989. The van der Waals surface area contributed by atoms with Gasteiger partial charge in [-0.25, -0.2) is 0 Å². The van der Waals surface area contributed by atoms with Crippen molar-refractivity contribution in [3.63, 3.8) is 0 Å². The number of nitrogens with one attached hydrogen (secondary N) is 1. The van der Waals surface area contributed by atoms with Gasteiger partial charge in [0.25, 0.3) is 0 Å². The zero-order chi connectivity index (χ0) is 12.9. The van der Waals surface area contributed by atoms with Crippen molar-refractivity contribution in [2.24, 2.45) is 11.7 Å². The Morgan fingerprint density at radius 3 is 3.00 bits per heavy atom. The highest BCUT2D eigenvalue weighted by Crippen LogP contribution is 2.37. The summed E-state index contributed by atoms with van der Waals surface area (Å²) in [6, 6.07) is 5.74. The van der Waals surface area contributed by atoms with Crippen molar-refractivity contribution in [1.82, 2.24) is 4.98 Å². The molecule has 0 spiro atoms. The molecule has 0 fully saturated rings. The first-order chi connectivity index (χ1) is 8.56.